The van der Waals surface area contributed by atoms with Gasteiger partial charge in [-0.3, -0.25) is 14.4 Å². The third-order valence-electron chi connectivity index (χ3n) is 5.50. The minimum Gasteiger partial charge on any atom is -0.326 e. The average Bonchev–Trinajstić information content (AvgIpc) is 3.02. The minimum absolute atomic E-state index is 0.0130. The number of sulfonamides is 1. The number of nitrogens with one attached hydrogen (secondary N) is 1. The first-order chi connectivity index (χ1) is 15.1. The van der Waals surface area contributed by atoms with Crippen molar-refractivity contribution in [3.8, 4) is 0 Å². The second kappa shape index (κ2) is 9.22. The van der Waals surface area contributed by atoms with Gasteiger partial charge in [0, 0.05) is 18.7 Å². The van der Waals surface area contributed by atoms with Gasteiger partial charge in [-0.2, -0.15) is 4.31 Å². The molecular formula is C23H27N3O5S. The quantitative estimate of drug-likeness (QED) is 0.644. The lowest BCUT2D eigenvalue weighted by atomic mass is 10.2. The van der Waals surface area contributed by atoms with E-state index in [2.05, 4.69) is 5.32 Å². The van der Waals surface area contributed by atoms with Crippen LogP contribution in [0.1, 0.15) is 39.2 Å². The summed E-state index contributed by atoms with van der Waals surface area (Å²) in [5.41, 5.74) is 1.87. The van der Waals surface area contributed by atoms with E-state index in [-0.39, 0.29) is 17.2 Å². The molecule has 0 aromatic heterocycles. The fourth-order valence-electron chi connectivity index (χ4n) is 3.71. The van der Waals surface area contributed by atoms with Gasteiger partial charge in [0.25, 0.3) is 5.91 Å². The molecule has 32 heavy (non-hydrogen) atoms. The normalized spacial score (nSPS) is 17.7. The number of nitrogens with zero attached hydrogens (tertiary/aromatic N) is 2. The Kier molecular flexibility index (Phi) is 6.80. The number of benzene rings is 2. The Bertz CT molecular complexity index is 1130. The lowest BCUT2D eigenvalue weighted by molar-refractivity contribution is -0.122. The first-order valence-electron chi connectivity index (χ1n) is 10.4. The lowest BCUT2D eigenvalue weighted by Crippen LogP contribution is -2.49. The molecule has 3 amide bonds. The zero-order chi connectivity index (χ0) is 23.6. The van der Waals surface area contributed by atoms with Gasteiger partial charge < -0.3 is 5.32 Å². The molecule has 2 unspecified atom stereocenters. The molecule has 0 radical (unpaired) electrons. The van der Waals surface area contributed by atoms with E-state index in [1.54, 1.807) is 31.2 Å². The molecule has 2 atom stereocenters. The predicted octanol–water partition coefficient (Wildman–Crippen LogP) is 3.07. The van der Waals surface area contributed by atoms with Gasteiger partial charge in [-0.05, 0) is 56.7 Å². The molecule has 1 aliphatic heterocycles. The Morgan fingerprint density at radius 2 is 1.72 bits per heavy atom. The fraction of sp³-hybridized carbons (Fsp3) is 0.348. The van der Waals surface area contributed by atoms with Crippen LogP contribution in [0.2, 0.25) is 0 Å². The first kappa shape index (κ1) is 23.6. The van der Waals surface area contributed by atoms with Crippen molar-refractivity contribution in [1.29, 1.82) is 0 Å². The van der Waals surface area contributed by atoms with Crippen LogP contribution in [-0.2, 0) is 24.4 Å². The average molecular weight is 458 g/mol. The minimum atomic E-state index is -4.09. The Morgan fingerprint density at radius 1 is 1.12 bits per heavy atom. The summed E-state index contributed by atoms with van der Waals surface area (Å²) in [4.78, 5) is 38.3. The van der Waals surface area contributed by atoms with E-state index in [0.29, 0.717) is 17.8 Å². The predicted molar refractivity (Wildman–Crippen MR) is 122 cm³/mol. The molecule has 0 saturated carbocycles. The summed E-state index contributed by atoms with van der Waals surface area (Å²) >= 11 is 0. The van der Waals surface area contributed by atoms with Gasteiger partial charge in [0.2, 0.25) is 21.8 Å². The number of rotatable bonds is 7. The van der Waals surface area contributed by atoms with Crippen LogP contribution in [0.4, 0.5) is 11.4 Å². The third kappa shape index (κ3) is 4.58. The summed E-state index contributed by atoms with van der Waals surface area (Å²) in [7, 11) is -4.09. The largest absolute Gasteiger partial charge is 0.326 e. The smallest absolute Gasteiger partial charge is 0.252 e. The van der Waals surface area contributed by atoms with Crippen LogP contribution in [-0.4, -0.2) is 42.5 Å². The van der Waals surface area contributed by atoms with E-state index in [4.69, 9.17) is 0 Å². The van der Waals surface area contributed by atoms with Crippen molar-refractivity contribution >= 4 is 39.1 Å². The lowest BCUT2D eigenvalue weighted by Gasteiger charge is -2.31. The monoisotopic (exact) mass is 457 g/mol. The zero-order valence-corrected chi connectivity index (χ0v) is 19.3. The molecular weight excluding hydrogens is 430 g/mol. The molecule has 0 bridgehead atoms. The molecule has 9 heteroatoms. The van der Waals surface area contributed by atoms with Crippen molar-refractivity contribution in [3.63, 3.8) is 0 Å². The van der Waals surface area contributed by atoms with Crippen molar-refractivity contribution in [2.24, 2.45) is 0 Å². The highest BCUT2D eigenvalue weighted by Gasteiger charge is 2.48. The zero-order valence-electron chi connectivity index (χ0n) is 18.5. The SMILES string of the molecule is CCC(C)N(C1CC(=O)N(c2ccc(C)cc2)C1=O)S(=O)(=O)c1ccc(NC(C)=O)cc1. The molecule has 0 aliphatic carbocycles. The summed E-state index contributed by atoms with van der Waals surface area (Å²) in [6, 6.07) is 11.1. The van der Waals surface area contributed by atoms with E-state index in [1.165, 1.54) is 31.2 Å². The van der Waals surface area contributed by atoms with E-state index < -0.39 is 33.9 Å². The van der Waals surface area contributed by atoms with Gasteiger partial charge in [0.05, 0.1) is 17.0 Å². The van der Waals surface area contributed by atoms with Crippen LogP contribution < -0.4 is 10.2 Å². The number of aryl methyl sites for hydroxylation is 1. The highest BCUT2D eigenvalue weighted by atomic mass is 32.2. The summed E-state index contributed by atoms with van der Waals surface area (Å²) in [5, 5.41) is 2.59. The number of hydrogen-bond acceptors (Lipinski definition) is 5. The van der Waals surface area contributed by atoms with Crippen LogP contribution in [0.25, 0.3) is 0 Å². The van der Waals surface area contributed by atoms with E-state index >= 15 is 0 Å². The summed E-state index contributed by atoms with van der Waals surface area (Å²) in [5.74, 6) is -1.26. The maximum atomic E-state index is 13.5. The molecule has 1 aliphatic rings. The first-order valence-corrected chi connectivity index (χ1v) is 11.8. The van der Waals surface area contributed by atoms with Gasteiger partial charge >= 0.3 is 0 Å². The second-order valence-corrected chi connectivity index (χ2v) is 9.76. The number of anilines is 2. The highest BCUT2D eigenvalue weighted by molar-refractivity contribution is 7.89. The van der Waals surface area contributed by atoms with Crippen molar-refractivity contribution < 1.29 is 22.8 Å². The van der Waals surface area contributed by atoms with E-state index in [0.717, 1.165) is 14.8 Å². The van der Waals surface area contributed by atoms with Crippen molar-refractivity contribution in [2.45, 2.75) is 57.5 Å². The summed E-state index contributed by atoms with van der Waals surface area (Å²) < 4.78 is 28.2. The van der Waals surface area contributed by atoms with Gasteiger partial charge in [0.15, 0.2) is 0 Å². The Balaban J connectivity index is 1.97. The number of carbonyl (C=O) groups excluding carboxylic acids is 3. The maximum Gasteiger partial charge on any atom is 0.252 e. The van der Waals surface area contributed by atoms with E-state index in [1.807, 2.05) is 13.8 Å². The standard InChI is InChI=1S/C23H27N3O5S/c1-5-16(3)26(32(30,31)20-12-8-18(9-13-20)24-17(4)27)21-14-22(28)25(23(21)29)19-10-6-15(2)7-11-19/h6-13,16,21H,5,14H2,1-4H3,(H,24,27). The molecule has 1 heterocycles. The third-order valence-corrected chi connectivity index (χ3v) is 7.53. The van der Waals surface area contributed by atoms with Gasteiger partial charge in [-0.1, -0.05) is 24.6 Å². The van der Waals surface area contributed by atoms with Crippen LogP contribution in [0.5, 0.6) is 0 Å². The summed E-state index contributed by atoms with van der Waals surface area (Å²) in [6.07, 6.45) is 0.242. The fourth-order valence-corrected chi connectivity index (χ4v) is 5.55. The van der Waals surface area contributed by atoms with Crippen LogP contribution in [0.15, 0.2) is 53.4 Å². The molecule has 1 saturated heterocycles. The molecule has 2 aromatic rings. The Labute approximate surface area is 188 Å². The van der Waals surface area contributed by atoms with Crippen molar-refractivity contribution in [2.75, 3.05) is 10.2 Å². The van der Waals surface area contributed by atoms with Crippen LogP contribution >= 0.6 is 0 Å². The van der Waals surface area contributed by atoms with Crippen LogP contribution in [0.3, 0.4) is 0 Å². The van der Waals surface area contributed by atoms with Crippen molar-refractivity contribution in [3.05, 3.63) is 54.1 Å². The molecule has 1 fully saturated rings. The Morgan fingerprint density at radius 3 is 2.25 bits per heavy atom. The molecule has 2 aromatic carbocycles. The number of carbonyl (C=O) groups is 3. The van der Waals surface area contributed by atoms with Crippen LogP contribution in [0, 0.1) is 6.92 Å². The summed E-state index contributed by atoms with van der Waals surface area (Å²) in [6.45, 7) is 6.80. The van der Waals surface area contributed by atoms with Gasteiger partial charge in [-0.25, -0.2) is 13.3 Å². The van der Waals surface area contributed by atoms with Gasteiger partial charge in [-0.15, -0.1) is 0 Å². The Hall–Kier alpha value is -3.04. The molecule has 0 spiro atoms. The molecule has 170 valence electrons. The van der Waals surface area contributed by atoms with Crippen molar-refractivity contribution in [1.82, 2.24) is 4.31 Å². The molecule has 8 nitrogen and oxygen atoms in total. The highest BCUT2D eigenvalue weighted by Crippen LogP contribution is 2.32. The maximum absolute atomic E-state index is 13.5. The number of hydrogen-bond donors (Lipinski definition) is 1. The second-order valence-electron chi connectivity index (χ2n) is 7.92. The number of imide groups is 1. The topological polar surface area (TPSA) is 104 Å². The molecule has 1 N–H and O–H groups in total. The van der Waals surface area contributed by atoms with Gasteiger partial charge in [0.1, 0.15) is 6.04 Å². The number of amides is 3. The van der Waals surface area contributed by atoms with E-state index in [9.17, 15) is 22.8 Å². The molecule has 3 rings (SSSR count).